The number of aromatic nitrogens is 2. The van der Waals surface area contributed by atoms with Crippen LogP contribution in [0.4, 0.5) is 8.78 Å². The largest absolute Gasteiger partial charge is 0.470 e. The van der Waals surface area contributed by atoms with E-state index >= 15 is 0 Å². The molecule has 1 heterocycles. The lowest BCUT2D eigenvalue weighted by atomic mass is 10.5. The van der Waals surface area contributed by atoms with Crippen LogP contribution in [0.2, 0.25) is 19.6 Å². The van der Waals surface area contributed by atoms with Crippen molar-refractivity contribution in [3.8, 4) is 17.3 Å². The van der Waals surface area contributed by atoms with Crippen LogP contribution >= 0.6 is 0 Å². The fourth-order valence-corrected chi connectivity index (χ4v) is 1.36. The van der Waals surface area contributed by atoms with Crippen LogP contribution in [-0.4, -0.2) is 31.1 Å². The van der Waals surface area contributed by atoms with E-state index in [1.807, 2.05) is 0 Å². The van der Waals surface area contributed by atoms with Gasteiger partial charge in [-0.25, -0.2) is 18.7 Å². The Morgan fingerprint density at radius 3 is 2.47 bits per heavy atom. The van der Waals surface area contributed by atoms with Crippen molar-refractivity contribution in [2.24, 2.45) is 0 Å². The SMILES string of the molecule is C[Si](C)(C)C#Cc1cnc(OCC(F)F)cn1. The Morgan fingerprint density at radius 1 is 1.29 bits per heavy atom. The summed E-state index contributed by atoms with van der Waals surface area (Å²) in [5.74, 6) is 3.00. The third kappa shape index (κ3) is 5.97. The lowest BCUT2D eigenvalue weighted by Crippen LogP contribution is -2.16. The third-order valence-electron chi connectivity index (χ3n) is 1.55. The van der Waals surface area contributed by atoms with Gasteiger partial charge in [-0.05, 0) is 0 Å². The van der Waals surface area contributed by atoms with Crippen LogP contribution in [0.1, 0.15) is 5.69 Å². The predicted octanol–water partition coefficient (Wildman–Crippen LogP) is 2.35. The molecule has 0 radical (unpaired) electrons. The summed E-state index contributed by atoms with van der Waals surface area (Å²) in [5.41, 5.74) is 3.66. The molecule has 0 saturated heterocycles. The zero-order chi connectivity index (χ0) is 12.9. The monoisotopic (exact) mass is 256 g/mol. The Balaban J connectivity index is 2.64. The topological polar surface area (TPSA) is 35.0 Å². The molecule has 0 spiro atoms. The number of ether oxygens (including phenoxy) is 1. The fourth-order valence-electron chi connectivity index (χ4n) is 0.855. The van der Waals surface area contributed by atoms with Crippen LogP contribution in [0.15, 0.2) is 12.4 Å². The van der Waals surface area contributed by atoms with Crippen molar-refractivity contribution < 1.29 is 13.5 Å². The van der Waals surface area contributed by atoms with Gasteiger partial charge in [0, 0.05) is 0 Å². The van der Waals surface area contributed by atoms with Gasteiger partial charge in [0.05, 0.1) is 12.4 Å². The third-order valence-corrected chi connectivity index (χ3v) is 2.43. The molecular formula is C11H14F2N2OSi. The highest BCUT2D eigenvalue weighted by Gasteiger charge is 2.08. The van der Waals surface area contributed by atoms with Crippen molar-refractivity contribution in [2.45, 2.75) is 26.1 Å². The van der Waals surface area contributed by atoms with Gasteiger partial charge in [-0.1, -0.05) is 25.6 Å². The normalized spacial score (nSPS) is 10.9. The molecule has 0 aliphatic heterocycles. The molecule has 0 saturated carbocycles. The number of halogens is 2. The van der Waals surface area contributed by atoms with Crippen LogP contribution in [0.25, 0.3) is 0 Å². The molecule has 1 aromatic heterocycles. The lowest BCUT2D eigenvalue weighted by molar-refractivity contribution is 0.0794. The van der Waals surface area contributed by atoms with E-state index in [-0.39, 0.29) is 5.88 Å². The molecule has 3 nitrogen and oxygen atoms in total. The average molecular weight is 256 g/mol. The smallest absolute Gasteiger partial charge is 0.272 e. The van der Waals surface area contributed by atoms with Crippen molar-refractivity contribution in [1.82, 2.24) is 9.97 Å². The number of alkyl halides is 2. The first kappa shape index (κ1) is 13.6. The van der Waals surface area contributed by atoms with Gasteiger partial charge in [0.15, 0.2) is 6.61 Å². The van der Waals surface area contributed by atoms with Crippen molar-refractivity contribution >= 4 is 8.07 Å². The first-order chi connectivity index (χ1) is 7.87. The van der Waals surface area contributed by atoms with Crippen LogP contribution < -0.4 is 4.74 Å². The maximum Gasteiger partial charge on any atom is 0.272 e. The van der Waals surface area contributed by atoms with Crippen LogP contribution in [-0.2, 0) is 0 Å². The minimum Gasteiger partial charge on any atom is -0.470 e. The fraction of sp³-hybridized carbons (Fsp3) is 0.455. The first-order valence-corrected chi connectivity index (χ1v) is 8.63. The summed E-state index contributed by atoms with van der Waals surface area (Å²) < 4.78 is 28.4. The first-order valence-electron chi connectivity index (χ1n) is 5.13. The Labute approximate surface area is 100 Å². The van der Waals surface area contributed by atoms with Gasteiger partial charge in [-0.15, -0.1) is 5.54 Å². The van der Waals surface area contributed by atoms with E-state index in [1.165, 1.54) is 12.4 Å². The molecule has 0 aliphatic rings. The summed E-state index contributed by atoms with van der Waals surface area (Å²) in [7, 11) is -1.44. The van der Waals surface area contributed by atoms with Gasteiger partial charge >= 0.3 is 0 Å². The van der Waals surface area contributed by atoms with Crippen LogP contribution in [0.5, 0.6) is 5.88 Å². The van der Waals surface area contributed by atoms with E-state index in [9.17, 15) is 8.78 Å². The molecular weight excluding hydrogens is 242 g/mol. The zero-order valence-corrected chi connectivity index (χ0v) is 11.0. The molecule has 0 aliphatic carbocycles. The van der Waals surface area contributed by atoms with Gasteiger partial charge in [0.2, 0.25) is 5.88 Å². The zero-order valence-electron chi connectivity index (χ0n) is 10.00. The van der Waals surface area contributed by atoms with Crippen molar-refractivity contribution in [1.29, 1.82) is 0 Å². The molecule has 0 atom stereocenters. The molecule has 0 N–H and O–H groups in total. The van der Waals surface area contributed by atoms with E-state index in [0.29, 0.717) is 5.69 Å². The quantitative estimate of drug-likeness (QED) is 0.615. The van der Waals surface area contributed by atoms with Crippen LogP contribution in [0.3, 0.4) is 0 Å². The van der Waals surface area contributed by atoms with E-state index in [4.69, 9.17) is 4.74 Å². The second-order valence-electron chi connectivity index (χ2n) is 4.44. The summed E-state index contributed by atoms with van der Waals surface area (Å²) in [6, 6.07) is 0. The highest BCUT2D eigenvalue weighted by Crippen LogP contribution is 2.05. The van der Waals surface area contributed by atoms with E-state index in [2.05, 4.69) is 41.1 Å². The second kappa shape index (κ2) is 5.73. The van der Waals surface area contributed by atoms with Crippen LogP contribution in [0, 0.1) is 11.5 Å². The van der Waals surface area contributed by atoms with Gasteiger partial charge in [0.25, 0.3) is 6.43 Å². The Bertz CT molecular complexity index is 418. The predicted molar refractivity (Wildman–Crippen MR) is 63.8 cm³/mol. The minimum absolute atomic E-state index is 0.0869. The Morgan fingerprint density at radius 2 is 2.00 bits per heavy atom. The molecule has 6 heteroatoms. The summed E-state index contributed by atoms with van der Waals surface area (Å²) in [6.45, 7) is 5.68. The number of hydrogen-bond donors (Lipinski definition) is 0. The van der Waals surface area contributed by atoms with Crippen molar-refractivity contribution in [3.05, 3.63) is 18.1 Å². The molecule has 0 fully saturated rings. The van der Waals surface area contributed by atoms with Gasteiger partial charge in [0.1, 0.15) is 13.8 Å². The molecule has 0 amide bonds. The van der Waals surface area contributed by atoms with Gasteiger partial charge < -0.3 is 4.74 Å². The van der Waals surface area contributed by atoms with Gasteiger partial charge in [-0.2, -0.15) is 0 Å². The molecule has 0 bridgehead atoms. The average Bonchev–Trinajstić information content (AvgIpc) is 2.24. The minimum atomic E-state index is -2.51. The summed E-state index contributed by atoms with van der Waals surface area (Å²) in [5, 5.41) is 0. The summed E-state index contributed by atoms with van der Waals surface area (Å²) in [6.07, 6.45) is 0.216. The highest BCUT2D eigenvalue weighted by molar-refractivity contribution is 6.83. The van der Waals surface area contributed by atoms with E-state index < -0.39 is 21.1 Å². The molecule has 0 unspecified atom stereocenters. The molecule has 1 rings (SSSR count). The maximum absolute atomic E-state index is 11.9. The Kier molecular flexibility index (Phi) is 4.58. The lowest BCUT2D eigenvalue weighted by Gasteiger charge is -2.04. The maximum atomic E-state index is 11.9. The number of nitrogens with zero attached hydrogens (tertiary/aromatic N) is 2. The standard InChI is InChI=1S/C11H14F2N2OSi/c1-17(2,3)5-4-9-6-15-11(7-14-9)16-8-10(12)13/h6-7,10H,8H2,1-3H3. The molecule has 17 heavy (non-hydrogen) atoms. The number of rotatable bonds is 3. The molecule has 1 aromatic rings. The number of hydrogen-bond acceptors (Lipinski definition) is 3. The summed E-state index contributed by atoms with van der Waals surface area (Å²) >= 11 is 0. The Hall–Kier alpha value is -1.48. The molecule has 0 aromatic carbocycles. The van der Waals surface area contributed by atoms with Gasteiger partial charge in [-0.3, -0.25) is 0 Å². The molecule has 92 valence electrons. The van der Waals surface area contributed by atoms with E-state index in [0.717, 1.165) is 0 Å². The summed E-state index contributed by atoms with van der Waals surface area (Å²) in [4.78, 5) is 7.82. The van der Waals surface area contributed by atoms with Crippen molar-refractivity contribution in [2.75, 3.05) is 6.61 Å². The van der Waals surface area contributed by atoms with Crippen molar-refractivity contribution in [3.63, 3.8) is 0 Å². The second-order valence-corrected chi connectivity index (χ2v) is 9.19. The van der Waals surface area contributed by atoms with E-state index in [1.54, 1.807) is 0 Å². The highest BCUT2D eigenvalue weighted by atomic mass is 28.3.